The van der Waals surface area contributed by atoms with Crippen LogP contribution in [0.25, 0.3) is 55.6 Å². The lowest BCUT2D eigenvalue weighted by molar-refractivity contribution is 0.568. The molecule has 0 aromatic heterocycles. The van der Waals surface area contributed by atoms with Crippen LogP contribution in [0.1, 0.15) is 141 Å². The minimum atomic E-state index is -1.04. The minimum Gasteiger partial charge on any atom is -0.310 e. The second kappa shape index (κ2) is 20.8. The number of rotatable bonds is 8. The van der Waals surface area contributed by atoms with E-state index in [1.54, 1.807) is 18.2 Å². The quantitative estimate of drug-likeness (QED) is 0.137. The Bertz CT molecular complexity index is 4690. The number of anilines is 3. The molecule has 0 saturated carbocycles. The number of nitrogens with zero attached hydrogens (tertiary/aromatic N) is 1. The van der Waals surface area contributed by atoms with Crippen molar-refractivity contribution in [2.24, 2.45) is 0 Å². The molecular formula is C83H78BN. The maximum Gasteiger partial charge on any atom is 0.247 e. The van der Waals surface area contributed by atoms with Gasteiger partial charge in [-0.25, -0.2) is 0 Å². The van der Waals surface area contributed by atoms with Crippen LogP contribution in [0.4, 0.5) is 17.1 Å². The van der Waals surface area contributed by atoms with E-state index in [1.165, 1.54) is 22.3 Å². The fourth-order valence-corrected chi connectivity index (χ4v) is 13.2. The SMILES string of the molecule is [2H]c1c([2H])c([2H])c(-c2cccc(-c3c([2H])c([2H])c([2H])c([2H])c3[2H])c2N2c3ccc(-c4cc(C(C)(C)C)cc(C(C)(C)C)c4)cc3B3c4cc(-c5cc(C(C)(C)C)cc(C(C)(C)C)c5)ccc4C(c4ccccc4)(c4ccccc4)c4cc(-c5ccccc5)cc2c43)c([2H])c1[2H]. The third-order valence-electron chi connectivity index (χ3n) is 17.8. The molecular weight excluding hydrogens is 1020 g/mol. The summed E-state index contributed by atoms with van der Waals surface area (Å²) in [4.78, 5) is 2.12. The summed E-state index contributed by atoms with van der Waals surface area (Å²) in [5, 5.41) is 0. The molecule has 0 aliphatic carbocycles. The van der Waals surface area contributed by atoms with Gasteiger partial charge in [-0.3, -0.25) is 0 Å². The highest BCUT2D eigenvalue weighted by atomic mass is 15.2. The van der Waals surface area contributed by atoms with E-state index in [0.717, 1.165) is 72.0 Å². The minimum absolute atomic E-state index is 0.104. The molecule has 418 valence electrons. The highest BCUT2D eigenvalue weighted by Crippen LogP contribution is 2.54. The van der Waals surface area contributed by atoms with Crippen molar-refractivity contribution in [1.82, 2.24) is 0 Å². The average Bonchev–Trinajstić information content (AvgIpc) is 0.673. The van der Waals surface area contributed by atoms with Gasteiger partial charge in [0.15, 0.2) is 0 Å². The van der Waals surface area contributed by atoms with Crippen molar-refractivity contribution in [1.29, 1.82) is 0 Å². The van der Waals surface area contributed by atoms with E-state index in [0.29, 0.717) is 11.4 Å². The highest BCUT2D eigenvalue weighted by molar-refractivity contribution is 6.99. The predicted octanol–water partition coefficient (Wildman–Crippen LogP) is 20.2. The molecule has 0 unspecified atom stereocenters. The standard InChI is InChI=1S/C83H78BN/c1-79(2,3)65-45-60(46-66(53-65)80(4,5)6)58-41-43-71-73(50-58)84-74-51-59(61-47-67(81(7,8)9)54-68(48-61)82(10,11)12)42-44-75(74)85(78-69(56-31-20-14-21-32-56)39-28-40-70(78)57-33-22-15-23-34-57)76-52-62(55-29-18-13-19-30-55)49-72(77(76)84)83(71,63-35-24-16-25-36-63)64-37-26-17-27-38-64/h13-54H,1-12H3/i14D,15D,20D,21D,22D,23D,31D,32D,33D,34D. The number of hydrogen-bond acceptors (Lipinski definition) is 1. The summed E-state index contributed by atoms with van der Waals surface area (Å²) in [6.45, 7) is 26.6. The van der Waals surface area contributed by atoms with Gasteiger partial charge in [-0.05, 0) is 140 Å². The smallest absolute Gasteiger partial charge is 0.247 e. The van der Waals surface area contributed by atoms with E-state index < -0.39 is 72.6 Å². The Hall–Kier alpha value is -8.72. The Kier molecular flexibility index (Phi) is 11.0. The summed E-state index contributed by atoms with van der Waals surface area (Å²) >= 11 is 0. The average molecular weight is 1110 g/mol. The maximum atomic E-state index is 9.79. The zero-order chi connectivity index (χ0) is 67.9. The molecule has 0 atom stereocenters. The maximum absolute atomic E-state index is 9.79. The fourth-order valence-electron chi connectivity index (χ4n) is 13.2. The van der Waals surface area contributed by atoms with Crippen molar-refractivity contribution in [2.75, 3.05) is 4.90 Å². The van der Waals surface area contributed by atoms with Gasteiger partial charge in [0.25, 0.3) is 0 Å². The van der Waals surface area contributed by atoms with Crippen molar-refractivity contribution in [3.05, 3.63) is 299 Å². The van der Waals surface area contributed by atoms with E-state index >= 15 is 0 Å². The third-order valence-corrected chi connectivity index (χ3v) is 17.8. The molecule has 85 heavy (non-hydrogen) atoms. The van der Waals surface area contributed by atoms with Gasteiger partial charge in [0.1, 0.15) is 0 Å². The zero-order valence-corrected chi connectivity index (χ0v) is 51.0. The summed E-state index contributed by atoms with van der Waals surface area (Å²) in [7, 11) is 0. The molecule has 1 nitrogen and oxygen atoms in total. The first-order chi connectivity index (χ1) is 44.8. The van der Waals surface area contributed by atoms with Gasteiger partial charge in [0.2, 0.25) is 6.71 Å². The molecule has 0 radical (unpaired) electrons. The van der Waals surface area contributed by atoms with Gasteiger partial charge < -0.3 is 4.90 Å². The van der Waals surface area contributed by atoms with Crippen LogP contribution in [-0.4, -0.2) is 6.71 Å². The highest BCUT2D eigenvalue weighted by Gasteiger charge is 2.52. The molecule has 0 bridgehead atoms. The lowest BCUT2D eigenvalue weighted by atomic mass is 9.29. The summed E-state index contributed by atoms with van der Waals surface area (Å²) < 4.78 is 93.7. The number of benzene rings is 11. The number of para-hydroxylation sites is 1. The molecule has 13 rings (SSSR count). The van der Waals surface area contributed by atoms with E-state index in [1.807, 2.05) is 18.2 Å². The first kappa shape index (κ1) is 44.8. The Balaban J connectivity index is 1.29. The van der Waals surface area contributed by atoms with Gasteiger partial charge in [-0.1, -0.05) is 325 Å². The van der Waals surface area contributed by atoms with E-state index in [9.17, 15) is 11.0 Å². The van der Waals surface area contributed by atoms with E-state index in [4.69, 9.17) is 2.74 Å². The molecule has 2 heteroatoms. The van der Waals surface area contributed by atoms with Gasteiger partial charge in [-0.15, -0.1) is 0 Å². The van der Waals surface area contributed by atoms with Crippen LogP contribution >= 0.6 is 0 Å². The molecule has 0 N–H and O–H groups in total. The van der Waals surface area contributed by atoms with Crippen molar-refractivity contribution in [3.8, 4) is 55.6 Å². The molecule has 2 aliphatic heterocycles. The molecule has 11 aromatic rings. The molecule has 2 aliphatic rings. The molecule has 11 aromatic carbocycles. The van der Waals surface area contributed by atoms with Crippen LogP contribution in [0.2, 0.25) is 0 Å². The second-order valence-electron chi connectivity index (χ2n) is 27.4. The largest absolute Gasteiger partial charge is 0.310 e. The van der Waals surface area contributed by atoms with Gasteiger partial charge in [0, 0.05) is 22.5 Å². The second-order valence-corrected chi connectivity index (χ2v) is 27.4. The Morgan fingerprint density at radius 2 is 0.753 bits per heavy atom. The Morgan fingerprint density at radius 3 is 1.21 bits per heavy atom. The monoisotopic (exact) mass is 1110 g/mol. The molecule has 2 heterocycles. The van der Waals surface area contributed by atoms with Crippen LogP contribution in [0.5, 0.6) is 0 Å². The summed E-state index contributed by atoms with van der Waals surface area (Å²) in [5.74, 6) is 0. The van der Waals surface area contributed by atoms with E-state index in [-0.39, 0.29) is 49.6 Å². The topological polar surface area (TPSA) is 3.24 Å². The summed E-state index contributed by atoms with van der Waals surface area (Å²) in [6.07, 6.45) is 0. The van der Waals surface area contributed by atoms with Gasteiger partial charge in [0.05, 0.1) is 24.8 Å². The van der Waals surface area contributed by atoms with Crippen LogP contribution in [0.15, 0.2) is 255 Å². The molecule has 0 spiro atoms. The Labute approximate surface area is 521 Å². The van der Waals surface area contributed by atoms with Gasteiger partial charge >= 0.3 is 0 Å². The van der Waals surface area contributed by atoms with Crippen LogP contribution in [-0.2, 0) is 27.1 Å². The Morgan fingerprint density at radius 1 is 0.329 bits per heavy atom. The van der Waals surface area contributed by atoms with E-state index in [2.05, 4.69) is 246 Å². The molecule has 0 amide bonds. The lowest BCUT2D eigenvalue weighted by Gasteiger charge is -2.49. The third kappa shape index (κ3) is 9.78. The van der Waals surface area contributed by atoms with Gasteiger partial charge in [-0.2, -0.15) is 0 Å². The number of fused-ring (bicyclic) bond motifs is 4. The predicted molar refractivity (Wildman–Crippen MR) is 366 cm³/mol. The summed E-state index contributed by atoms with van der Waals surface area (Å²) in [5.41, 5.74) is 17.8. The number of hydrogen-bond donors (Lipinski definition) is 0. The lowest BCUT2D eigenvalue weighted by Crippen LogP contribution is -2.65. The van der Waals surface area contributed by atoms with Crippen molar-refractivity contribution >= 4 is 40.2 Å². The summed E-state index contributed by atoms with van der Waals surface area (Å²) in [6, 6.07) is 64.0. The zero-order valence-electron chi connectivity index (χ0n) is 61.0. The van der Waals surface area contributed by atoms with Crippen molar-refractivity contribution in [3.63, 3.8) is 0 Å². The molecule has 0 fully saturated rings. The first-order valence-electron chi connectivity index (χ1n) is 34.9. The fraction of sp³-hybridized carbons (Fsp3) is 0.205. The van der Waals surface area contributed by atoms with Crippen molar-refractivity contribution < 1.29 is 13.7 Å². The van der Waals surface area contributed by atoms with Crippen LogP contribution in [0.3, 0.4) is 0 Å². The van der Waals surface area contributed by atoms with Crippen LogP contribution < -0.4 is 21.3 Å². The van der Waals surface area contributed by atoms with Crippen molar-refractivity contribution in [2.45, 2.75) is 110 Å². The normalized spacial score (nSPS) is 15.3. The van der Waals surface area contributed by atoms with Crippen LogP contribution in [0, 0.1) is 0 Å². The molecule has 0 saturated heterocycles. The first-order valence-corrected chi connectivity index (χ1v) is 29.9.